The highest BCUT2D eigenvalue weighted by Gasteiger charge is 2.39. The topological polar surface area (TPSA) is 124 Å². The van der Waals surface area contributed by atoms with Gasteiger partial charge in [-0.05, 0) is 36.6 Å². The Labute approximate surface area is 180 Å². The number of aliphatic hydroxyl groups excluding tert-OH is 3. The molecule has 1 aliphatic rings. The van der Waals surface area contributed by atoms with Crippen LogP contribution in [-0.2, 0) is 0 Å². The fourth-order valence-electron chi connectivity index (χ4n) is 3.56. The Balaban J connectivity index is 1.50. The van der Waals surface area contributed by atoms with Crippen molar-refractivity contribution in [2.75, 3.05) is 6.61 Å². The van der Waals surface area contributed by atoms with Crippen LogP contribution in [0.5, 0.6) is 5.75 Å². The highest BCUT2D eigenvalue weighted by molar-refractivity contribution is 5.94. The maximum Gasteiger partial charge on any atom is 0.271 e. The zero-order chi connectivity index (χ0) is 22.1. The molecule has 1 saturated carbocycles. The maximum atomic E-state index is 12.0. The number of hydrogen-bond donors (Lipinski definition) is 4. The van der Waals surface area contributed by atoms with Gasteiger partial charge in [-0.3, -0.25) is 9.78 Å². The Hall–Kier alpha value is -3.07. The number of nitrogens with zero attached hydrogens (tertiary/aromatic N) is 2. The highest BCUT2D eigenvalue weighted by Crippen LogP contribution is 2.35. The molecule has 0 bridgehead atoms. The summed E-state index contributed by atoms with van der Waals surface area (Å²) in [7, 11) is 0. The van der Waals surface area contributed by atoms with Crippen LogP contribution in [0, 0.1) is 11.8 Å². The molecule has 2 aromatic rings. The van der Waals surface area contributed by atoms with E-state index in [-0.39, 0.29) is 30.8 Å². The molecule has 8 heteroatoms. The Bertz CT molecular complexity index is 875. The molecule has 1 heterocycles. The Kier molecular flexibility index (Phi) is 8.28. The number of nitrogens with one attached hydrogen (secondary N) is 1. The molecule has 0 radical (unpaired) electrons. The summed E-state index contributed by atoms with van der Waals surface area (Å²) < 4.78 is 5.52. The third-order valence-corrected chi connectivity index (χ3v) is 5.21. The van der Waals surface area contributed by atoms with Crippen LogP contribution in [0.3, 0.4) is 0 Å². The second kappa shape index (κ2) is 11.4. The van der Waals surface area contributed by atoms with Gasteiger partial charge in [0.25, 0.3) is 5.91 Å². The van der Waals surface area contributed by atoms with Crippen LogP contribution in [0.4, 0.5) is 0 Å². The van der Waals surface area contributed by atoms with Crippen molar-refractivity contribution >= 4 is 12.1 Å². The van der Waals surface area contributed by atoms with Gasteiger partial charge in [-0.25, -0.2) is 5.43 Å². The lowest BCUT2D eigenvalue weighted by molar-refractivity contribution is 0.0954. The maximum absolute atomic E-state index is 12.0. The normalized spacial score (nSPS) is 24.5. The second-order valence-corrected chi connectivity index (χ2v) is 7.41. The van der Waals surface area contributed by atoms with Gasteiger partial charge in [0.15, 0.2) is 0 Å². The van der Waals surface area contributed by atoms with E-state index in [0.29, 0.717) is 17.7 Å². The summed E-state index contributed by atoms with van der Waals surface area (Å²) in [5, 5.41) is 34.7. The molecule has 0 spiro atoms. The number of benzene rings is 1. The quantitative estimate of drug-likeness (QED) is 0.274. The average Bonchev–Trinajstić information content (AvgIpc) is 3.07. The van der Waals surface area contributed by atoms with Crippen LogP contribution >= 0.6 is 0 Å². The van der Waals surface area contributed by atoms with Crippen molar-refractivity contribution in [3.05, 3.63) is 72.6 Å². The van der Waals surface area contributed by atoms with E-state index in [2.05, 4.69) is 15.5 Å². The molecule has 3 rings (SSSR count). The van der Waals surface area contributed by atoms with E-state index in [4.69, 9.17) is 4.74 Å². The molecule has 1 fully saturated rings. The van der Waals surface area contributed by atoms with Crippen molar-refractivity contribution in [1.29, 1.82) is 0 Å². The van der Waals surface area contributed by atoms with Gasteiger partial charge in [-0.15, -0.1) is 0 Å². The van der Waals surface area contributed by atoms with Crippen molar-refractivity contribution in [3.63, 3.8) is 0 Å². The summed E-state index contributed by atoms with van der Waals surface area (Å²) in [5.41, 5.74) is 2.87. The third-order valence-electron chi connectivity index (χ3n) is 5.21. The minimum absolute atomic E-state index is 0.0824. The van der Waals surface area contributed by atoms with Crippen LogP contribution in [0.25, 0.3) is 0 Å². The number of amides is 1. The Morgan fingerprint density at radius 3 is 2.68 bits per heavy atom. The van der Waals surface area contributed by atoms with Crippen LogP contribution in [0.15, 0.2) is 72.1 Å². The van der Waals surface area contributed by atoms with E-state index in [1.54, 1.807) is 36.4 Å². The lowest BCUT2D eigenvalue weighted by atomic mass is 9.90. The largest absolute Gasteiger partial charge is 0.491 e. The van der Waals surface area contributed by atoms with Gasteiger partial charge < -0.3 is 20.1 Å². The first-order valence-corrected chi connectivity index (χ1v) is 10.2. The molecule has 1 aliphatic carbocycles. The third kappa shape index (κ3) is 6.71. The standard InChI is InChI=1S/C23H27N3O5/c27-17(15-31-18-4-2-1-3-5-18)6-7-19-20(22(29)14-21(19)28)10-13-25-26-23(30)16-8-11-24-12-9-16/h1-9,11-13,17,19-22,27-29H,10,14-15H2,(H,26,30)/b7-6+,25-13+/t17-,19-,20-,21-,22+/m1/s1. The monoisotopic (exact) mass is 425 g/mol. The minimum Gasteiger partial charge on any atom is -0.491 e. The number of ether oxygens (including phenoxy) is 1. The SMILES string of the molecule is O=C(N/N=C/C[C@@H]1[C@@H](/C=C/[C@@H](O)COc2ccccc2)[C@H](O)C[C@@H]1O)c1ccncc1. The van der Waals surface area contributed by atoms with Gasteiger partial charge in [-0.2, -0.15) is 5.10 Å². The zero-order valence-corrected chi connectivity index (χ0v) is 17.0. The predicted octanol–water partition coefficient (Wildman–Crippen LogP) is 1.54. The molecule has 0 unspecified atom stereocenters. The van der Waals surface area contributed by atoms with Crippen LogP contribution in [0.2, 0.25) is 0 Å². The summed E-state index contributed by atoms with van der Waals surface area (Å²) in [5.74, 6) is -0.323. The van der Waals surface area contributed by atoms with Crippen LogP contribution < -0.4 is 10.2 Å². The Morgan fingerprint density at radius 1 is 1.19 bits per heavy atom. The van der Waals surface area contributed by atoms with Crippen molar-refractivity contribution in [2.45, 2.75) is 31.2 Å². The molecular weight excluding hydrogens is 398 g/mol. The number of para-hydroxylation sites is 1. The average molecular weight is 425 g/mol. The summed E-state index contributed by atoms with van der Waals surface area (Å²) >= 11 is 0. The number of aliphatic hydroxyl groups is 3. The van der Waals surface area contributed by atoms with Gasteiger partial charge >= 0.3 is 0 Å². The van der Waals surface area contributed by atoms with E-state index in [0.717, 1.165) is 0 Å². The van der Waals surface area contributed by atoms with Crippen LogP contribution in [-0.4, -0.2) is 57.3 Å². The van der Waals surface area contributed by atoms with E-state index < -0.39 is 18.3 Å². The van der Waals surface area contributed by atoms with Gasteiger partial charge in [0.05, 0.1) is 12.2 Å². The van der Waals surface area contributed by atoms with Crippen molar-refractivity contribution in [3.8, 4) is 5.75 Å². The van der Waals surface area contributed by atoms with E-state index in [9.17, 15) is 20.1 Å². The summed E-state index contributed by atoms with van der Waals surface area (Å²) in [6.45, 7) is 0.0824. The Morgan fingerprint density at radius 2 is 1.94 bits per heavy atom. The van der Waals surface area contributed by atoms with Crippen molar-refractivity contribution < 1.29 is 24.9 Å². The van der Waals surface area contributed by atoms with Crippen molar-refractivity contribution in [2.24, 2.45) is 16.9 Å². The van der Waals surface area contributed by atoms with E-state index in [1.165, 1.54) is 18.6 Å². The van der Waals surface area contributed by atoms with E-state index in [1.807, 2.05) is 18.2 Å². The number of hydrogen-bond acceptors (Lipinski definition) is 7. The first-order chi connectivity index (χ1) is 15.0. The lowest BCUT2D eigenvalue weighted by Crippen LogP contribution is -2.23. The fraction of sp³-hybridized carbons (Fsp3) is 0.348. The summed E-state index contributed by atoms with van der Waals surface area (Å²) in [4.78, 5) is 15.8. The molecule has 0 aliphatic heterocycles. The zero-order valence-electron chi connectivity index (χ0n) is 17.0. The smallest absolute Gasteiger partial charge is 0.271 e. The number of carbonyl (C=O) groups excluding carboxylic acids is 1. The molecule has 4 N–H and O–H groups in total. The summed E-state index contributed by atoms with van der Waals surface area (Å²) in [6, 6.07) is 12.3. The number of rotatable bonds is 9. The van der Waals surface area contributed by atoms with Gasteiger partial charge in [0.2, 0.25) is 0 Å². The summed E-state index contributed by atoms with van der Waals surface area (Å²) in [6.07, 6.45) is 6.17. The predicted molar refractivity (Wildman–Crippen MR) is 116 cm³/mol. The van der Waals surface area contributed by atoms with Crippen LogP contribution in [0.1, 0.15) is 23.2 Å². The van der Waals surface area contributed by atoms with Crippen molar-refractivity contribution in [1.82, 2.24) is 10.4 Å². The lowest BCUT2D eigenvalue weighted by Gasteiger charge is -2.19. The second-order valence-electron chi connectivity index (χ2n) is 7.41. The minimum atomic E-state index is -0.848. The number of carbonyl (C=O) groups is 1. The van der Waals surface area contributed by atoms with Gasteiger partial charge in [0, 0.05) is 36.5 Å². The highest BCUT2D eigenvalue weighted by atomic mass is 16.5. The number of pyridine rings is 1. The molecule has 5 atom stereocenters. The molecule has 8 nitrogen and oxygen atoms in total. The van der Waals surface area contributed by atoms with Gasteiger partial charge in [0.1, 0.15) is 18.5 Å². The molecule has 0 saturated heterocycles. The van der Waals surface area contributed by atoms with E-state index >= 15 is 0 Å². The molecule has 1 aromatic heterocycles. The van der Waals surface area contributed by atoms with Gasteiger partial charge in [-0.1, -0.05) is 30.4 Å². The number of aromatic nitrogens is 1. The molecular formula is C23H27N3O5. The fourth-order valence-corrected chi connectivity index (χ4v) is 3.56. The molecule has 1 aromatic carbocycles. The first kappa shape index (κ1) is 22.6. The molecule has 1 amide bonds. The number of hydrazone groups is 1. The molecule has 164 valence electrons. The first-order valence-electron chi connectivity index (χ1n) is 10.2. The molecule has 31 heavy (non-hydrogen) atoms.